The minimum atomic E-state index is 0.142. The maximum Gasteiger partial charge on any atom is 0.0219 e. The molecule has 100 valence electrons. The summed E-state index contributed by atoms with van der Waals surface area (Å²) in [6.07, 6.45) is 3.64. The molecule has 2 atom stereocenters. The van der Waals surface area contributed by atoms with Gasteiger partial charge < -0.3 is 11.1 Å². The van der Waals surface area contributed by atoms with Crippen molar-refractivity contribution in [2.75, 3.05) is 6.54 Å². The highest BCUT2D eigenvalue weighted by atomic mass is 79.9. The quantitative estimate of drug-likeness (QED) is 0.896. The van der Waals surface area contributed by atoms with E-state index in [4.69, 9.17) is 5.73 Å². The fourth-order valence-corrected chi connectivity index (χ4v) is 2.90. The Morgan fingerprint density at radius 1 is 1.28 bits per heavy atom. The molecule has 1 aromatic carbocycles. The second-order valence-corrected chi connectivity index (χ2v) is 6.89. The Morgan fingerprint density at radius 2 is 1.94 bits per heavy atom. The summed E-state index contributed by atoms with van der Waals surface area (Å²) < 4.78 is 1.13. The Balaban J connectivity index is 1.96. The van der Waals surface area contributed by atoms with Gasteiger partial charge in [-0.1, -0.05) is 48.3 Å². The van der Waals surface area contributed by atoms with Crippen LogP contribution < -0.4 is 11.1 Å². The highest BCUT2D eigenvalue weighted by molar-refractivity contribution is 9.10. The van der Waals surface area contributed by atoms with Crippen molar-refractivity contribution < 1.29 is 0 Å². The first-order chi connectivity index (χ1) is 8.49. The zero-order valence-corrected chi connectivity index (χ0v) is 12.8. The largest absolute Gasteiger partial charge is 0.326 e. The molecule has 18 heavy (non-hydrogen) atoms. The highest BCUT2D eigenvalue weighted by Crippen LogP contribution is 2.25. The molecule has 2 unspecified atom stereocenters. The monoisotopic (exact) mass is 310 g/mol. The third-order valence-electron chi connectivity index (χ3n) is 4.00. The van der Waals surface area contributed by atoms with Crippen LogP contribution in [0.15, 0.2) is 28.7 Å². The summed E-state index contributed by atoms with van der Waals surface area (Å²) in [5.41, 5.74) is 7.61. The topological polar surface area (TPSA) is 38.0 Å². The van der Waals surface area contributed by atoms with E-state index in [1.165, 1.54) is 18.4 Å². The predicted octanol–water partition coefficient (Wildman–Crippen LogP) is 3.20. The van der Waals surface area contributed by atoms with Crippen molar-refractivity contribution in [3.8, 4) is 0 Å². The van der Waals surface area contributed by atoms with Gasteiger partial charge in [-0.2, -0.15) is 0 Å². The van der Waals surface area contributed by atoms with Crippen LogP contribution in [-0.4, -0.2) is 18.6 Å². The molecule has 0 aliphatic heterocycles. The Labute approximate surface area is 118 Å². The molecule has 0 aromatic heterocycles. The van der Waals surface area contributed by atoms with E-state index in [-0.39, 0.29) is 5.41 Å². The zero-order chi connectivity index (χ0) is 13.2. The van der Waals surface area contributed by atoms with Gasteiger partial charge in [-0.15, -0.1) is 0 Å². The van der Waals surface area contributed by atoms with Gasteiger partial charge in [0.15, 0.2) is 0 Å². The van der Waals surface area contributed by atoms with Crippen molar-refractivity contribution >= 4 is 15.9 Å². The Kier molecular flexibility index (Phi) is 4.46. The number of rotatable bonds is 4. The van der Waals surface area contributed by atoms with Gasteiger partial charge in [-0.25, -0.2) is 0 Å². The van der Waals surface area contributed by atoms with E-state index in [1.54, 1.807) is 0 Å². The molecule has 1 aliphatic rings. The van der Waals surface area contributed by atoms with E-state index in [0.717, 1.165) is 17.4 Å². The maximum atomic E-state index is 6.10. The lowest BCUT2D eigenvalue weighted by Crippen LogP contribution is -2.45. The van der Waals surface area contributed by atoms with Crippen molar-refractivity contribution in [3.63, 3.8) is 0 Å². The number of halogens is 1. The van der Waals surface area contributed by atoms with Gasteiger partial charge in [-0.3, -0.25) is 0 Å². The Bertz CT molecular complexity index is 386. The van der Waals surface area contributed by atoms with Crippen LogP contribution >= 0.6 is 15.9 Å². The van der Waals surface area contributed by atoms with E-state index in [1.807, 2.05) is 0 Å². The molecule has 2 nitrogen and oxygen atoms in total. The summed E-state index contributed by atoms with van der Waals surface area (Å²) in [5, 5.41) is 3.65. The van der Waals surface area contributed by atoms with Crippen LogP contribution in [0.25, 0.3) is 0 Å². The van der Waals surface area contributed by atoms with Crippen molar-refractivity contribution in [2.45, 2.75) is 50.6 Å². The van der Waals surface area contributed by atoms with Crippen LogP contribution in [0.3, 0.4) is 0 Å². The first-order valence-corrected chi connectivity index (χ1v) is 7.53. The molecule has 1 aromatic rings. The second kappa shape index (κ2) is 5.72. The molecule has 1 saturated carbocycles. The van der Waals surface area contributed by atoms with Gasteiger partial charge in [0, 0.05) is 28.5 Å². The molecule has 0 spiro atoms. The summed E-state index contributed by atoms with van der Waals surface area (Å²) in [6.45, 7) is 5.54. The molecule has 0 saturated heterocycles. The Morgan fingerprint density at radius 3 is 2.50 bits per heavy atom. The van der Waals surface area contributed by atoms with Crippen LogP contribution in [0.5, 0.6) is 0 Å². The normalized spacial score (nSPS) is 24.4. The van der Waals surface area contributed by atoms with Crippen LogP contribution in [0, 0.1) is 0 Å². The first kappa shape index (κ1) is 14.0. The molecule has 1 aliphatic carbocycles. The molecule has 0 heterocycles. The molecular weight excluding hydrogens is 288 g/mol. The van der Waals surface area contributed by atoms with Gasteiger partial charge in [0.05, 0.1) is 0 Å². The van der Waals surface area contributed by atoms with Gasteiger partial charge in [0.25, 0.3) is 0 Å². The number of benzene rings is 1. The lowest BCUT2D eigenvalue weighted by molar-refractivity contribution is 0.400. The first-order valence-electron chi connectivity index (χ1n) is 6.74. The van der Waals surface area contributed by atoms with Crippen molar-refractivity contribution in [2.24, 2.45) is 5.73 Å². The fraction of sp³-hybridized carbons (Fsp3) is 0.600. The van der Waals surface area contributed by atoms with Gasteiger partial charge >= 0.3 is 0 Å². The van der Waals surface area contributed by atoms with E-state index in [0.29, 0.717) is 12.1 Å². The maximum absolute atomic E-state index is 6.10. The van der Waals surface area contributed by atoms with Crippen LogP contribution in [0.1, 0.15) is 38.7 Å². The summed E-state index contributed by atoms with van der Waals surface area (Å²) in [6, 6.07) is 9.45. The average molecular weight is 311 g/mol. The summed E-state index contributed by atoms with van der Waals surface area (Å²) in [7, 11) is 0. The average Bonchev–Trinajstić information content (AvgIpc) is 2.73. The van der Waals surface area contributed by atoms with Gasteiger partial charge in [0.1, 0.15) is 0 Å². The standard InChI is InChI=1S/C15H23BrN2/c1-15(2,11-6-8-12(16)9-7-11)10-18-14-5-3-4-13(14)17/h6-9,13-14,18H,3-5,10,17H2,1-2H3. The van der Waals surface area contributed by atoms with Crippen LogP contribution in [0.4, 0.5) is 0 Å². The van der Waals surface area contributed by atoms with Crippen molar-refractivity contribution in [3.05, 3.63) is 34.3 Å². The van der Waals surface area contributed by atoms with Gasteiger partial charge in [-0.05, 0) is 30.5 Å². The second-order valence-electron chi connectivity index (χ2n) is 5.97. The summed E-state index contributed by atoms with van der Waals surface area (Å²) >= 11 is 3.48. The molecular formula is C15H23BrN2. The smallest absolute Gasteiger partial charge is 0.0219 e. The van der Waals surface area contributed by atoms with Crippen LogP contribution in [-0.2, 0) is 5.41 Å². The molecule has 1 fully saturated rings. The van der Waals surface area contributed by atoms with E-state index < -0.39 is 0 Å². The van der Waals surface area contributed by atoms with Gasteiger partial charge in [0.2, 0.25) is 0 Å². The van der Waals surface area contributed by atoms with E-state index in [2.05, 4.69) is 59.4 Å². The minimum Gasteiger partial charge on any atom is -0.326 e. The lowest BCUT2D eigenvalue weighted by atomic mass is 9.84. The molecule has 3 N–H and O–H groups in total. The highest BCUT2D eigenvalue weighted by Gasteiger charge is 2.27. The summed E-state index contributed by atoms with van der Waals surface area (Å²) in [4.78, 5) is 0. The number of hydrogen-bond acceptors (Lipinski definition) is 2. The number of nitrogens with one attached hydrogen (secondary N) is 1. The number of nitrogens with two attached hydrogens (primary N) is 1. The minimum absolute atomic E-state index is 0.142. The molecule has 0 amide bonds. The summed E-state index contributed by atoms with van der Waals surface area (Å²) in [5.74, 6) is 0. The third-order valence-corrected chi connectivity index (χ3v) is 4.53. The molecule has 2 rings (SSSR count). The number of hydrogen-bond donors (Lipinski definition) is 2. The zero-order valence-electron chi connectivity index (χ0n) is 11.2. The van der Waals surface area contributed by atoms with Crippen molar-refractivity contribution in [1.82, 2.24) is 5.32 Å². The molecule has 0 radical (unpaired) electrons. The Hall–Kier alpha value is -0.380. The lowest BCUT2D eigenvalue weighted by Gasteiger charge is -2.29. The third kappa shape index (κ3) is 3.34. The van der Waals surface area contributed by atoms with E-state index >= 15 is 0 Å². The van der Waals surface area contributed by atoms with Crippen molar-refractivity contribution in [1.29, 1.82) is 0 Å². The SMILES string of the molecule is CC(C)(CNC1CCCC1N)c1ccc(Br)cc1. The van der Waals surface area contributed by atoms with Crippen LogP contribution in [0.2, 0.25) is 0 Å². The molecule has 0 bridgehead atoms. The fourth-order valence-electron chi connectivity index (χ4n) is 2.63. The predicted molar refractivity (Wildman–Crippen MR) is 80.8 cm³/mol. The molecule has 3 heteroatoms. The van der Waals surface area contributed by atoms with E-state index in [9.17, 15) is 0 Å².